The normalized spacial score (nSPS) is 10.6. The highest BCUT2D eigenvalue weighted by Gasteiger charge is 2.12. The van der Waals surface area contributed by atoms with E-state index in [-0.39, 0.29) is 5.92 Å². The molecule has 2 rings (SSSR count). The fourth-order valence-electron chi connectivity index (χ4n) is 2.04. The van der Waals surface area contributed by atoms with Crippen molar-refractivity contribution in [1.82, 2.24) is 0 Å². The van der Waals surface area contributed by atoms with Crippen molar-refractivity contribution in [2.24, 2.45) is 0 Å². The van der Waals surface area contributed by atoms with Gasteiger partial charge in [-0.2, -0.15) is 0 Å². The van der Waals surface area contributed by atoms with E-state index in [4.69, 9.17) is 0 Å². The van der Waals surface area contributed by atoms with Crippen molar-refractivity contribution in [3.63, 3.8) is 0 Å². The van der Waals surface area contributed by atoms with Gasteiger partial charge in [0.1, 0.15) is 0 Å². The van der Waals surface area contributed by atoms with Gasteiger partial charge in [-0.3, -0.25) is 9.59 Å². The van der Waals surface area contributed by atoms with Gasteiger partial charge in [0.05, 0.1) is 0 Å². The molecule has 0 saturated heterocycles. The topological polar surface area (TPSA) is 34.1 Å². The number of aldehydes is 2. The summed E-state index contributed by atoms with van der Waals surface area (Å²) in [5, 5.41) is 0. The fraction of sp³-hybridized carbons (Fsp3) is 0.125. The summed E-state index contributed by atoms with van der Waals surface area (Å²) >= 11 is 6.69. The van der Waals surface area contributed by atoms with Crippen LogP contribution in [0.2, 0.25) is 0 Å². The maximum atomic E-state index is 11.0. The molecule has 2 nitrogen and oxygen atoms in total. The molecular formula is C16H12Br2O2. The van der Waals surface area contributed by atoms with Crippen molar-refractivity contribution >= 4 is 44.4 Å². The molecule has 2 aromatic carbocycles. The highest BCUT2D eigenvalue weighted by Crippen LogP contribution is 2.29. The minimum Gasteiger partial charge on any atom is -0.298 e. The maximum Gasteiger partial charge on any atom is 0.151 e. The lowest BCUT2D eigenvalue weighted by atomic mass is 9.91. The van der Waals surface area contributed by atoms with Gasteiger partial charge >= 0.3 is 0 Å². The molecule has 0 unspecified atom stereocenters. The molecule has 0 atom stereocenters. The Kier molecular flexibility index (Phi) is 4.89. The number of benzene rings is 2. The number of carbonyl (C=O) groups excluding carboxylic acids is 2. The third kappa shape index (κ3) is 3.07. The number of rotatable bonds is 4. The summed E-state index contributed by atoms with van der Waals surface area (Å²) in [6, 6.07) is 11.4. The molecule has 0 fully saturated rings. The molecular weight excluding hydrogens is 384 g/mol. The molecule has 4 heteroatoms. The van der Waals surface area contributed by atoms with Crippen LogP contribution in [-0.2, 0) is 0 Å². The van der Waals surface area contributed by atoms with Crippen LogP contribution in [-0.4, -0.2) is 12.6 Å². The van der Waals surface area contributed by atoms with E-state index >= 15 is 0 Å². The van der Waals surface area contributed by atoms with Gasteiger partial charge in [0.25, 0.3) is 0 Å². The van der Waals surface area contributed by atoms with Crippen LogP contribution in [0.5, 0.6) is 0 Å². The predicted molar refractivity (Wildman–Crippen MR) is 86.6 cm³/mol. The Bertz CT molecular complexity index is 608. The van der Waals surface area contributed by atoms with E-state index in [1.165, 1.54) is 0 Å². The standard InChI is InChI=1S/C16H12Br2O2/c1-10(11-2-4-15(17)13(6-11)8-19)12-3-5-16(18)14(7-12)9-20/h2-10H,1H3. The first kappa shape index (κ1) is 15.1. The Labute approximate surface area is 134 Å². The summed E-state index contributed by atoms with van der Waals surface area (Å²) in [5.74, 6) is 0.105. The second-order valence-corrected chi connectivity index (χ2v) is 6.23. The van der Waals surface area contributed by atoms with Crippen LogP contribution in [0, 0.1) is 0 Å². The van der Waals surface area contributed by atoms with Crippen LogP contribution < -0.4 is 0 Å². The molecule has 102 valence electrons. The van der Waals surface area contributed by atoms with Crippen molar-refractivity contribution in [3.05, 3.63) is 67.6 Å². The molecule has 20 heavy (non-hydrogen) atoms. The third-order valence-electron chi connectivity index (χ3n) is 3.29. The minimum atomic E-state index is 0.105. The van der Waals surface area contributed by atoms with Gasteiger partial charge in [0, 0.05) is 26.0 Å². The number of hydrogen-bond acceptors (Lipinski definition) is 2. The average molecular weight is 396 g/mol. The quantitative estimate of drug-likeness (QED) is 0.683. The zero-order valence-electron chi connectivity index (χ0n) is 10.8. The van der Waals surface area contributed by atoms with E-state index in [1.54, 1.807) is 0 Å². The largest absolute Gasteiger partial charge is 0.298 e. The van der Waals surface area contributed by atoms with Crippen molar-refractivity contribution in [3.8, 4) is 0 Å². The summed E-state index contributed by atoms with van der Waals surface area (Å²) in [7, 11) is 0. The highest BCUT2D eigenvalue weighted by atomic mass is 79.9. The molecule has 0 aromatic heterocycles. The zero-order valence-corrected chi connectivity index (χ0v) is 13.9. The monoisotopic (exact) mass is 394 g/mol. The third-order valence-corrected chi connectivity index (χ3v) is 4.74. The molecule has 0 saturated carbocycles. The Morgan fingerprint density at radius 2 is 1.25 bits per heavy atom. The first-order valence-corrected chi connectivity index (χ1v) is 7.64. The first-order chi connectivity index (χ1) is 9.56. The van der Waals surface area contributed by atoms with Crippen LogP contribution in [0.15, 0.2) is 45.3 Å². The highest BCUT2D eigenvalue weighted by molar-refractivity contribution is 9.10. The van der Waals surface area contributed by atoms with Crippen LogP contribution in [0.3, 0.4) is 0 Å². The van der Waals surface area contributed by atoms with Crippen molar-refractivity contribution < 1.29 is 9.59 Å². The lowest BCUT2D eigenvalue weighted by Gasteiger charge is -2.14. The van der Waals surface area contributed by atoms with Gasteiger partial charge in [-0.1, -0.05) is 50.9 Å². The second kappa shape index (κ2) is 6.46. The van der Waals surface area contributed by atoms with E-state index in [9.17, 15) is 9.59 Å². The van der Waals surface area contributed by atoms with Crippen molar-refractivity contribution in [1.29, 1.82) is 0 Å². The van der Waals surface area contributed by atoms with E-state index in [0.29, 0.717) is 11.1 Å². The van der Waals surface area contributed by atoms with Gasteiger partial charge in [-0.25, -0.2) is 0 Å². The Morgan fingerprint density at radius 1 is 0.850 bits per heavy atom. The molecule has 2 aromatic rings. The van der Waals surface area contributed by atoms with Gasteiger partial charge in [0.15, 0.2) is 12.6 Å². The molecule has 0 radical (unpaired) electrons. The van der Waals surface area contributed by atoms with E-state index < -0.39 is 0 Å². The number of carbonyl (C=O) groups is 2. The van der Waals surface area contributed by atoms with E-state index in [1.807, 2.05) is 36.4 Å². The van der Waals surface area contributed by atoms with Gasteiger partial charge in [-0.15, -0.1) is 0 Å². The van der Waals surface area contributed by atoms with Crippen molar-refractivity contribution in [2.75, 3.05) is 0 Å². The van der Waals surface area contributed by atoms with E-state index in [2.05, 4.69) is 38.8 Å². The Morgan fingerprint density at radius 3 is 1.60 bits per heavy atom. The summed E-state index contributed by atoms with van der Waals surface area (Å²) in [4.78, 5) is 22.0. The van der Waals surface area contributed by atoms with Gasteiger partial charge in [-0.05, 0) is 35.4 Å². The molecule has 0 amide bonds. The Hall–Kier alpha value is -1.26. The predicted octanol–water partition coefficient (Wildman–Crippen LogP) is 4.99. The summed E-state index contributed by atoms with van der Waals surface area (Å²) in [5.41, 5.74) is 3.33. The molecule has 0 heterocycles. The first-order valence-electron chi connectivity index (χ1n) is 6.06. The van der Waals surface area contributed by atoms with E-state index in [0.717, 1.165) is 32.6 Å². The lowest BCUT2D eigenvalue weighted by molar-refractivity contribution is 0.111. The fourth-order valence-corrected chi connectivity index (χ4v) is 2.72. The van der Waals surface area contributed by atoms with Crippen molar-refractivity contribution in [2.45, 2.75) is 12.8 Å². The number of hydrogen-bond donors (Lipinski definition) is 0. The Balaban J connectivity index is 2.42. The van der Waals surface area contributed by atoms with Gasteiger partial charge in [0.2, 0.25) is 0 Å². The van der Waals surface area contributed by atoms with Crippen LogP contribution in [0.25, 0.3) is 0 Å². The number of halogens is 2. The molecule has 0 bridgehead atoms. The SMILES string of the molecule is CC(c1ccc(Br)c(C=O)c1)c1ccc(Br)c(C=O)c1. The second-order valence-electron chi connectivity index (χ2n) is 4.52. The maximum absolute atomic E-state index is 11.0. The molecule has 0 spiro atoms. The minimum absolute atomic E-state index is 0.105. The average Bonchev–Trinajstić information content (AvgIpc) is 2.47. The molecule has 0 aliphatic carbocycles. The van der Waals surface area contributed by atoms with Crippen LogP contribution >= 0.6 is 31.9 Å². The zero-order chi connectivity index (χ0) is 14.7. The van der Waals surface area contributed by atoms with Gasteiger partial charge < -0.3 is 0 Å². The molecule has 0 N–H and O–H groups in total. The van der Waals surface area contributed by atoms with Crippen LogP contribution in [0.4, 0.5) is 0 Å². The molecule has 0 aliphatic heterocycles. The van der Waals surface area contributed by atoms with Crippen LogP contribution in [0.1, 0.15) is 44.7 Å². The summed E-state index contributed by atoms with van der Waals surface area (Å²) < 4.78 is 1.57. The lowest BCUT2D eigenvalue weighted by Crippen LogP contribution is -1.99. The summed E-state index contributed by atoms with van der Waals surface area (Å²) in [6.45, 7) is 2.05. The molecule has 0 aliphatic rings. The summed E-state index contributed by atoms with van der Waals surface area (Å²) in [6.07, 6.45) is 1.66. The smallest absolute Gasteiger partial charge is 0.151 e.